The standard InChI is InChI=1S/C30H54O2/c1-8-30(31)19-18-28(5)22(20-30)11-12-23-25-14-13-24(29(25,6)17-15-26(23)28)21(2)10-9-16-27(3,4)32-7/h21-26,31H,8-20H2,1-7H3/t21-,22+,23+,24-,25+,26+,28+,29-,30+/m1/s1. The van der Waals surface area contributed by atoms with Crippen molar-refractivity contribution in [3.05, 3.63) is 0 Å². The quantitative estimate of drug-likeness (QED) is 0.429. The normalized spacial score (nSPS) is 47.4. The van der Waals surface area contributed by atoms with Gasteiger partial charge in [-0.3, -0.25) is 0 Å². The minimum absolute atomic E-state index is 0.0257. The third-order valence-electron chi connectivity index (χ3n) is 12.2. The summed E-state index contributed by atoms with van der Waals surface area (Å²) >= 11 is 0. The van der Waals surface area contributed by atoms with Gasteiger partial charge in [-0.15, -0.1) is 0 Å². The molecule has 0 radical (unpaired) electrons. The lowest BCUT2D eigenvalue weighted by molar-refractivity contribution is -0.152. The number of rotatable bonds is 7. The van der Waals surface area contributed by atoms with E-state index in [2.05, 4.69) is 41.5 Å². The Hall–Kier alpha value is -0.0800. The minimum Gasteiger partial charge on any atom is -0.390 e. The number of hydrogen-bond acceptors (Lipinski definition) is 2. The van der Waals surface area contributed by atoms with Crippen molar-refractivity contribution >= 4 is 0 Å². The monoisotopic (exact) mass is 446 g/mol. The van der Waals surface area contributed by atoms with E-state index in [1.807, 2.05) is 7.11 Å². The molecule has 0 saturated heterocycles. The summed E-state index contributed by atoms with van der Waals surface area (Å²) in [5, 5.41) is 11.0. The summed E-state index contributed by atoms with van der Waals surface area (Å²) in [7, 11) is 1.86. The van der Waals surface area contributed by atoms with Crippen molar-refractivity contribution < 1.29 is 9.84 Å². The molecule has 4 aliphatic rings. The van der Waals surface area contributed by atoms with Gasteiger partial charge in [-0.25, -0.2) is 0 Å². The molecule has 9 atom stereocenters. The highest BCUT2D eigenvalue weighted by molar-refractivity contribution is 5.10. The van der Waals surface area contributed by atoms with Crippen LogP contribution in [0.25, 0.3) is 0 Å². The van der Waals surface area contributed by atoms with Crippen molar-refractivity contribution in [3.8, 4) is 0 Å². The van der Waals surface area contributed by atoms with E-state index >= 15 is 0 Å². The third-order valence-corrected chi connectivity index (χ3v) is 12.2. The van der Waals surface area contributed by atoms with Gasteiger partial charge >= 0.3 is 0 Å². The van der Waals surface area contributed by atoms with Crippen LogP contribution in [0.5, 0.6) is 0 Å². The zero-order valence-electron chi connectivity index (χ0n) is 22.5. The van der Waals surface area contributed by atoms with Crippen LogP contribution in [-0.4, -0.2) is 23.4 Å². The molecule has 0 aromatic heterocycles. The molecule has 0 unspecified atom stereocenters. The predicted molar refractivity (Wildman–Crippen MR) is 135 cm³/mol. The number of hydrogen-bond donors (Lipinski definition) is 1. The lowest BCUT2D eigenvalue weighted by atomic mass is 9.43. The summed E-state index contributed by atoms with van der Waals surface area (Å²) in [6.07, 6.45) is 16.8. The van der Waals surface area contributed by atoms with Crippen LogP contribution in [0.4, 0.5) is 0 Å². The maximum Gasteiger partial charge on any atom is 0.0648 e. The summed E-state index contributed by atoms with van der Waals surface area (Å²) in [6, 6.07) is 0. The lowest BCUT2D eigenvalue weighted by Crippen LogP contribution is -2.56. The first kappa shape index (κ1) is 25.0. The van der Waals surface area contributed by atoms with E-state index in [1.54, 1.807) is 0 Å². The summed E-state index contributed by atoms with van der Waals surface area (Å²) in [4.78, 5) is 0. The molecule has 0 aliphatic heterocycles. The van der Waals surface area contributed by atoms with Crippen LogP contribution >= 0.6 is 0 Å². The van der Waals surface area contributed by atoms with Gasteiger partial charge < -0.3 is 9.84 Å². The molecular formula is C30H54O2. The van der Waals surface area contributed by atoms with E-state index in [0.29, 0.717) is 10.8 Å². The van der Waals surface area contributed by atoms with Gasteiger partial charge in [0.25, 0.3) is 0 Å². The molecule has 0 spiro atoms. The Morgan fingerprint density at radius 3 is 2.38 bits per heavy atom. The molecule has 4 aliphatic carbocycles. The molecule has 4 fully saturated rings. The highest BCUT2D eigenvalue weighted by atomic mass is 16.5. The van der Waals surface area contributed by atoms with Crippen molar-refractivity contribution in [1.29, 1.82) is 0 Å². The van der Waals surface area contributed by atoms with Gasteiger partial charge in [0, 0.05) is 7.11 Å². The largest absolute Gasteiger partial charge is 0.390 e. The average molecular weight is 447 g/mol. The Bertz CT molecular complexity index is 657. The second-order valence-electron chi connectivity index (χ2n) is 14.0. The van der Waals surface area contributed by atoms with Gasteiger partial charge in [-0.2, -0.15) is 0 Å². The molecule has 2 heteroatoms. The Morgan fingerprint density at radius 2 is 1.69 bits per heavy atom. The topological polar surface area (TPSA) is 29.5 Å². The molecule has 0 aromatic carbocycles. The van der Waals surface area contributed by atoms with Gasteiger partial charge in [0.15, 0.2) is 0 Å². The van der Waals surface area contributed by atoms with Crippen LogP contribution in [0.3, 0.4) is 0 Å². The second kappa shape index (κ2) is 8.85. The number of aliphatic hydroxyl groups is 1. The van der Waals surface area contributed by atoms with Crippen LogP contribution in [0.2, 0.25) is 0 Å². The third kappa shape index (κ3) is 4.23. The maximum atomic E-state index is 11.0. The average Bonchev–Trinajstić information content (AvgIpc) is 3.11. The van der Waals surface area contributed by atoms with E-state index in [-0.39, 0.29) is 11.2 Å². The van der Waals surface area contributed by atoms with Crippen molar-refractivity contribution in [2.75, 3.05) is 7.11 Å². The molecule has 32 heavy (non-hydrogen) atoms. The van der Waals surface area contributed by atoms with Crippen molar-refractivity contribution in [2.45, 2.75) is 136 Å². The van der Waals surface area contributed by atoms with Crippen molar-refractivity contribution in [1.82, 2.24) is 0 Å². The molecule has 0 amide bonds. The van der Waals surface area contributed by atoms with Crippen LogP contribution in [0, 0.1) is 46.3 Å². The van der Waals surface area contributed by atoms with Gasteiger partial charge in [0.05, 0.1) is 11.2 Å². The highest BCUT2D eigenvalue weighted by Gasteiger charge is 2.61. The zero-order chi connectivity index (χ0) is 23.4. The van der Waals surface area contributed by atoms with Gasteiger partial charge in [0.1, 0.15) is 0 Å². The summed E-state index contributed by atoms with van der Waals surface area (Å²) in [5.74, 6) is 5.34. The lowest BCUT2D eigenvalue weighted by Gasteiger charge is -2.62. The first-order chi connectivity index (χ1) is 15.0. The fraction of sp³-hybridized carbons (Fsp3) is 1.00. The van der Waals surface area contributed by atoms with Crippen LogP contribution in [0.1, 0.15) is 125 Å². The second-order valence-corrected chi connectivity index (χ2v) is 14.0. The number of methoxy groups -OCH3 is 1. The maximum absolute atomic E-state index is 11.0. The van der Waals surface area contributed by atoms with Gasteiger partial charge in [0.2, 0.25) is 0 Å². The molecule has 0 aromatic rings. The Kier molecular flexibility index (Phi) is 6.92. The molecule has 4 saturated carbocycles. The molecule has 0 bridgehead atoms. The predicted octanol–water partition coefficient (Wildman–Crippen LogP) is 8.02. The Labute approximate surface area is 199 Å². The summed E-state index contributed by atoms with van der Waals surface area (Å²) < 4.78 is 5.67. The van der Waals surface area contributed by atoms with Crippen LogP contribution < -0.4 is 0 Å². The van der Waals surface area contributed by atoms with Crippen LogP contribution in [-0.2, 0) is 4.74 Å². The number of ether oxygens (including phenoxy) is 1. The van der Waals surface area contributed by atoms with E-state index in [1.165, 1.54) is 64.2 Å². The summed E-state index contributed by atoms with van der Waals surface area (Å²) in [5.41, 5.74) is 0.712. The van der Waals surface area contributed by atoms with E-state index in [0.717, 1.165) is 54.8 Å². The molecule has 1 N–H and O–H groups in total. The molecule has 0 heterocycles. The molecule has 4 rings (SSSR count). The number of fused-ring (bicyclic) bond motifs is 5. The molecule has 186 valence electrons. The fourth-order valence-electron chi connectivity index (χ4n) is 9.77. The minimum atomic E-state index is -0.370. The molecular weight excluding hydrogens is 392 g/mol. The Morgan fingerprint density at radius 1 is 0.969 bits per heavy atom. The smallest absolute Gasteiger partial charge is 0.0648 e. The van der Waals surface area contributed by atoms with E-state index in [4.69, 9.17) is 4.74 Å². The highest BCUT2D eigenvalue weighted by Crippen LogP contribution is 2.69. The van der Waals surface area contributed by atoms with Crippen molar-refractivity contribution in [2.24, 2.45) is 46.3 Å². The molecule has 2 nitrogen and oxygen atoms in total. The fourth-order valence-corrected chi connectivity index (χ4v) is 9.77. The van der Waals surface area contributed by atoms with Crippen LogP contribution in [0.15, 0.2) is 0 Å². The Balaban J connectivity index is 1.43. The van der Waals surface area contributed by atoms with E-state index in [9.17, 15) is 5.11 Å². The summed E-state index contributed by atoms with van der Waals surface area (Å²) in [6.45, 7) is 14.6. The first-order valence-corrected chi connectivity index (χ1v) is 14.3. The zero-order valence-corrected chi connectivity index (χ0v) is 22.5. The first-order valence-electron chi connectivity index (χ1n) is 14.3. The SMILES string of the molecule is CC[C@]1(O)CC[C@@]2(C)[C@@H](CC[C@@H]3[C@@H]2CC[C@]2(C)[C@@H]([C@H](C)CCCC(C)(C)OC)CC[C@@H]32)C1. The van der Waals surface area contributed by atoms with Gasteiger partial charge in [-0.05, 0) is 131 Å². The van der Waals surface area contributed by atoms with E-state index < -0.39 is 0 Å². The van der Waals surface area contributed by atoms with Crippen molar-refractivity contribution in [3.63, 3.8) is 0 Å². The van der Waals surface area contributed by atoms with Gasteiger partial charge in [-0.1, -0.05) is 40.5 Å².